The number of Topliss-reactive ketones (excluding diaryl/α,β-unsaturated/α-hetero) is 1. The van der Waals surface area contributed by atoms with Crippen LogP contribution in [0.3, 0.4) is 0 Å². The van der Waals surface area contributed by atoms with Gasteiger partial charge in [-0.2, -0.15) is 0 Å². The van der Waals surface area contributed by atoms with Crippen molar-refractivity contribution in [3.05, 3.63) is 29.3 Å². The summed E-state index contributed by atoms with van der Waals surface area (Å²) in [4.78, 5) is 12.8. The number of benzene rings is 1. The molecule has 3 nitrogen and oxygen atoms in total. The lowest BCUT2D eigenvalue weighted by Crippen LogP contribution is -2.49. The van der Waals surface area contributed by atoms with Crippen LogP contribution in [-0.4, -0.2) is 28.9 Å². The van der Waals surface area contributed by atoms with Crippen molar-refractivity contribution < 1.29 is 14.6 Å². The number of ether oxygens (including phenoxy) is 1. The molecular weight excluding hydrogens is 356 g/mol. The van der Waals surface area contributed by atoms with Crippen LogP contribution < -0.4 is 4.74 Å². The fraction of sp³-hybridized carbons (Fsp3) is 0.632. The molecule has 0 spiro atoms. The van der Waals surface area contributed by atoms with Gasteiger partial charge in [-0.1, -0.05) is 28.9 Å². The van der Waals surface area contributed by atoms with E-state index in [-0.39, 0.29) is 22.1 Å². The second-order valence-electron chi connectivity index (χ2n) is 7.65. The Morgan fingerprint density at radius 2 is 2.09 bits per heavy atom. The quantitative estimate of drug-likeness (QED) is 0.753. The third kappa shape index (κ3) is 2.07. The van der Waals surface area contributed by atoms with Gasteiger partial charge in [0, 0.05) is 5.56 Å². The van der Waals surface area contributed by atoms with Gasteiger partial charge in [-0.25, -0.2) is 0 Å². The maximum absolute atomic E-state index is 12.9. The number of rotatable bonds is 1. The predicted molar refractivity (Wildman–Crippen MR) is 92.3 cm³/mol. The third-order valence-corrected chi connectivity index (χ3v) is 7.82. The molecule has 1 aromatic carbocycles. The SMILES string of the molecule is COc1ccc2c(c1)C(=O)C(Br)C1C2CCC2(C)C(O)CCC12. The molecule has 3 aliphatic carbocycles. The maximum atomic E-state index is 12.9. The zero-order valence-corrected chi connectivity index (χ0v) is 15.2. The normalized spacial score (nSPS) is 41.9. The standard InChI is InChI=1S/C19H23BrO3/c1-19-8-7-12-11-4-3-10(23-2)9-13(11)18(22)17(20)16(12)14(19)5-6-15(19)21/h3-4,9,12,14-17,21H,5-8H2,1-2H3. The third-order valence-electron chi connectivity index (χ3n) is 6.80. The Morgan fingerprint density at radius 1 is 1.30 bits per heavy atom. The summed E-state index contributed by atoms with van der Waals surface area (Å²) in [6, 6.07) is 5.94. The number of alkyl halides is 1. The Morgan fingerprint density at radius 3 is 2.83 bits per heavy atom. The topological polar surface area (TPSA) is 46.5 Å². The van der Waals surface area contributed by atoms with Crippen LogP contribution in [0.5, 0.6) is 5.75 Å². The number of ketones is 1. The lowest BCUT2D eigenvalue weighted by atomic mass is 9.55. The second-order valence-corrected chi connectivity index (χ2v) is 8.63. The van der Waals surface area contributed by atoms with E-state index in [4.69, 9.17) is 4.74 Å². The van der Waals surface area contributed by atoms with Gasteiger partial charge in [0.25, 0.3) is 0 Å². The van der Waals surface area contributed by atoms with E-state index in [0.29, 0.717) is 17.8 Å². The van der Waals surface area contributed by atoms with Gasteiger partial charge in [-0.15, -0.1) is 0 Å². The molecular formula is C19H23BrO3. The lowest BCUT2D eigenvalue weighted by molar-refractivity contribution is -0.0189. The molecule has 0 heterocycles. The van der Waals surface area contributed by atoms with Crippen LogP contribution in [0.4, 0.5) is 0 Å². The van der Waals surface area contributed by atoms with Gasteiger partial charge in [0.2, 0.25) is 0 Å². The van der Waals surface area contributed by atoms with Gasteiger partial charge in [0.15, 0.2) is 5.78 Å². The maximum Gasteiger partial charge on any atom is 0.177 e. The van der Waals surface area contributed by atoms with Crippen molar-refractivity contribution in [2.45, 2.75) is 49.5 Å². The minimum Gasteiger partial charge on any atom is -0.497 e. The summed E-state index contributed by atoms with van der Waals surface area (Å²) in [5.74, 6) is 2.03. The fourth-order valence-electron chi connectivity index (χ4n) is 5.46. The van der Waals surface area contributed by atoms with Gasteiger partial charge in [0.05, 0.1) is 18.0 Å². The Balaban J connectivity index is 1.80. The highest BCUT2D eigenvalue weighted by molar-refractivity contribution is 9.10. The van der Waals surface area contributed by atoms with Crippen LogP contribution in [0.1, 0.15) is 54.4 Å². The Bertz CT molecular complexity index is 658. The highest BCUT2D eigenvalue weighted by Crippen LogP contribution is 2.61. The number of halogens is 1. The molecule has 4 rings (SSSR count). The van der Waals surface area contributed by atoms with Crippen LogP contribution >= 0.6 is 15.9 Å². The first-order valence-electron chi connectivity index (χ1n) is 8.51. The van der Waals surface area contributed by atoms with E-state index in [1.165, 1.54) is 5.56 Å². The highest BCUT2D eigenvalue weighted by atomic mass is 79.9. The van der Waals surface area contributed by atoms with E-state index < -0.39 is 0 Å². The predicted octanol–water partition coefficient (Wildman–Crippen LogP) is 3.93. The second kappa shape index (κ2) is 5.32. The van der Waals surface area contributed by atoms with E-state index in [1.54, 1.807) is 7.11 Å². The van der Waals surface area contributed by atoms with Crippen molar-refractivity contribution in [2.24, 2.45) is 17.3 Å². The molecule has 0 aliphatic heterocycles. The van der Waals surface area contributed by atoms with Gasteiger partial charge in [0.1, 0.15) is 5.75 Å². The molecule has 124 valence electrons. The zero-order chi connectivity index (χ0) is 16.4. The Labute approximate surface area is 145 Å². The summed E-state index contributed by atoms with van der Waals surface area (Å²) in [7, 11) is 1.63. The van der Waals surface area contributed by atoms with Gasteiger partial charge in [-0.3, -0.25) is 4.79 Å². The number of methoxy groups -OCH3 is 1. The molecule has 3 aliphatic rings. The van der Waals surface area contributed by atoms with E-state index >= 15 is 0 Å². The lowest BCUT2D eigenvalue weighted by Gasteiger charge is -2.51. The highest BCUT2D eigenvalue weighted by Gasteiger charge is 2.57. The molecule has 1 aromatic rings. The molecule has 6 atom stereocenters. The van der Waals surface area contributed by atoms with E-state index in [9.17, 15) is 9.90 Å². The van der Waals surface area contributed by atoms with E-state index in [1.807, 2.05) is 12.1 Å². The fourth-order valence-corrected chi connectivity index (χ4v) is 6.44. The smallest absolute Gasteiger partial charge is 0.177 e. The monoisotopic (exact) mass is 378 g/mol. The first kappa shape index (κ1) is 15.6. The summed E-state index contributed by atoms with van der Waals surface area (Å²) in [5, 5.41) is 10.5. The Hall–Kier alpha value is -0.870. The number of hydrogen-bond donors (Lipinski definition) is 1. The summed E-state index contributed by atoms with van der Waals surface area (Å²) >= 11 is 3.72. The zero-order valence-electron chi connectivity index (χ0n) is 13.6. The first-order valence-corrected chi connectivity index (χ1v) is 9.43. The van der Waals surface area contributed by atoms with Crippen LogP contribution in [0.15, 0.2) is 18.2 Å². The minimum atomic E-state index is -0.222. The van der Waals surface area contributed by atoms with Crippen LogP contribution in [0.2, 0.25) is 0 Å². The molecule has 2 saturated carbocycles. The van der Waals surface area contributed by atoms with E-state index in [0.717, 1.165) is 37.0 Å². The summed E-state index contributed by atoms with van der Waals surface area (Å²) in [5.41, 5.74) is 1.96. The number of hydrogen-bond acceptors (Lipinski definition) is 3. The molecule has 0 saturated heterocycles. The number of carbonyl (C=O) groups excluding carboxylic acids is 1. The molecule has 0 bridgehead atoms. The summed E-state index contributed by atoms with van der Waals surface area (Å²) in [6.45, 7) is 2.22. The van der Waals surface area contributed by atoms with Crippen molar-refractivity contribution in [1.82, 2.24) is 0 Å². The molecule has 0 amide bonds. The first-order chi connectivity index (χ1) is 11.0. The summed E-state index contributed by atoms with van der Waals surface area (Å²) < 4.78 is 5.30. The molecule has 0 aromatic heterocycles. The largest absolute Gasteiger partial charge is 0.497 e. The molecule has 0 radical (unpaired) electrons. The Kier molecular flexibility index (Phi) is 3.62. The van der Waals surface area contributed by atoms with Gasteiger partial charge < -0.3 is 9.84 Å². The van der Waals surface area contributed by atoms with Crippen LogP contribution in [-0.2, 0) is 0 Å². The number of fused-ring (bicyclic) bond motifs is 5. The molecule has 6 unspecified atom stereocenters. The van der Waals surface area contributed by atoms with Crippen molar-refractivity contribution in [3.63, 3.8) is 0 Å². The van der Waals surface area contributed by atoms with Gasteiger partial charge in [-0.05, 0) is 66.5 Å². The van der Waals surface area contributed by atoms with Crippen LogP contribution in [0.25, 0.3) is 0 Å². The number of aliphatic hydroxyl groups is 1. The number of aliphatic hydroxyl groups excluding tert-OH is 1. The van der Waals surface area contributed by atoms with Crippen molar-refractivity contribution in [2.75, 3.05) is 7.11 Å². The van der Waals surface area contributed by atoms with Crippen LogP contribution in [0, 0.1) is 17.3 Å². The molecule has 1 N–H and O–H groups in total. The molecule has 2 fully saturated rings. The average Bonchev–Trinajstić information content (AvgIpc) is 2.87. The van der Waals surface area contributed by atoms with Crippen molar-refractivity contribution in [3.8, 4) is 5.75 Å². The minimum absolute atomic E-state index is 0.0303. The van der Waals surface area contributed by atoms with E-state index in [2.05, 4.69) is 28.9 Å². The van der Waals surface area contributed by atoms with Crippen molar-refractivity contribution in [1.29, 1.82) is 0 Å². The number of carbonyl (C=O) groups is 1. The summed E-state index contributed by atoms with van der Waals surface area (Å²) in [6.07, 6.45) is 3.76. The molecule has 4 heteroatoms. The van der Waals surface area contributed by atoms with Crippen molar-refractivity contribution >= 4 is 21.7 Å². The molecule has 23 heavy (non-hydrogen) atoms. The van der Waals surface area contributed by atoms with Gasteiger partial charge >= 0.3 is 0 Å². The average molecular weight is 379 g/mol.